The molecule has 0 spiro atoms. The highest BCUT2D eigenvalue weighted by molar-refractivity contribution is 5.77. The Morgan fingerprint density at radius 2 is 2.00 bits per heavy atom. The molecule has 24 heavy (non-hydrogen) atoms. The summed E-state index contributed by atoms with van der Waals surface area (Å²) in [6.07, 6.45) is 6.07. The Kier molecular flexibility index (Phi) is 5.61. The van der Waals surface area contributed by atoms with Crippen molar-refractivity contribution in [3.63, 3.8) is 0 Å². The molecule has 2 atom stereocenters. The second-order valence-electron chi connectivity index (χ2n) is 6.54. The van der Waals surface area contributed by atoms with Crippen molar-refractivity contribution in [1.29, 1.82) is 0 Å². The normalized spacial score (nSPS) is 23.5. The first-order chi connectivity index (χ1) is 11.7. The van der Waals surface area contributed by atoms with E-state index in [-0.39, 0.29) is 18.1 Å². The van der Waals surface area contributed by atoms with Gasteiger partial charge in [0, 0.05) is 13.0 Å². The Morgan fingerprint density at radius 1 is 1.21 bits per heavy atom. The van der Waals surface area contributed by atoms with E-state index in [1.54, 1.807) is 14.2 Å². The van der Waals surface area contributed by atoms with Crippen molar-refractivity contribution in [3.05, 3.63) is 23.8 Å². The molecule has 2 aliphatic rings. The van der Waals surface area contributed by atoms with Gasteiger partial charge in [-0.05, 0) is 37.0 Å². The third-order valence-corrected chi connectivity index (χ3v) is 5.13. The molecule has 1 aliphatic carbocycles. The van der Waals surface area contributed by atoms with Crippen LogP contribution in [0.2, 0.25) is 0 Å². The smallest absolute Gasteiger partial charge is 0.223 e. The van der Waals surface area contributed by atoms with Crippen LogP contribution in [0.3, 0.4) is 0 Å². The van der Waals surface area contributed by atoms with Gasteiger partial charge in [-0.15, -0.1) is 0 Å². The third kappa shape index (κ3) is 3.66. The number of morpholine rings is 1. The minimum absolute atomic E-state index is 0.241. The van der Waals surface area contributed by atoms with Crippen LogP contribution in [0, 0.1) is 0 Å². The fraction of sp³-hybridized carbons (Fsp3) is 0.632. The van der Waals surface area contributed by atoms with Gasteiger partial charge >= 0.3 is 0 Å². The number of hydrogen-bond acceptors (Lipinski definition) is 4. The van der Waals surface area contributed by atoms with E-state index in [0.717, 1.165) is 24.9 Å². The number of amides is 1. The van der Waals surface area contributed by atoms with Crippen molar-refractivity contribution in [3.8, 4) is 11.5 Å². The molecule has 5 nitrogen and oxygen atoms in total. The highest BCUT2D eigenvalue weighted by Gasteiger charge is 2.36. The lowest BCUT2D eigenvalue weighted by atomic mass is 9.90. The van der Waals surface area contributed by atoms with E-state index in [1.165, 1.54) is 12.8 Å². The van der Waals surface area contributed by atoms with Crippen molar-refractivity contribution < 1.29 is 19.0 Å². The number of rotatable bonds is 5. The minimum Gasteiger partial charge on any atom is -0.493 e. The lowest BCUT2D eigenvalue weighted by molar-refractivity contribution is -0.149. The molecule has 132 valence electrons. The van der Waals surface area contributed by atoms with Crippen molar-refractivity contribution in [2.45, 2.75) is 50.7 Å². The number of nitrogens with zero attached hydrogens (tertiary/aromatic N) is 1. The molecular weight excluding hydrogens is 306 g/mol. The summed E-state index contributed by atoms with van der Waals surface area (Å²) in [5.41, 5.74) is 1.09. The summed E-state index contributed by atoms with van der Waals surface area (Å²) in [5.74, 6) is 1.66. The molecule has 1 saturated carbocycles. The van der Waals surface area contributed by atoms with Crippen molar-refractivity contribution in [1.82, 2.24) is 4.90 Å². The SMILES string of the molecule is COc1ccc(CCC(=O)N2CCO[C@H]3CCCC[C@@H]32)cc1OC. The van der Waals surface area contributed by atoms with Gasteiger partial charge in [-0.3, -0.25) is 4.79 Å². The van der Waals surface area contributed by atoms with Crippen LogP contribution in [0.4, 0.5) is 0 Å². The van der Waals surface area contributed by atoms with Crippen molar-refractivity contribution in [2.75, 3.05) is 27.4 Å². The van der Waals surface area contributed by atoms with Crippen LogP contribution in [-0.2, 0) is 16.0 Å². The quantitative estimate of drug-likeness (QED) is 0.831. The first kappa shape index (κ1) is 17.1. The molecule has 1 amide bonds. The molecule has 1 aromatic rings. The zero-order valence-electron chi connectivity index (χ0n) is 14.6. The van der Waals surface area contributed by atoms with Crippen molar-refractivity contribution >= 4 is 5.91 Å². The maximum Gasteiger partial charge on any atom is 0.223 e. The van der Waals surface area contributed by atoms with E-state index in [9.17, 15) is 4.79 Å². The largest absolute Gasteiger partial charge is 0.493 e. The topological polar surface area (TPSA) is 48.0 Å². The average molecular weight is 333 g/mol. The third-order valence-electron chi connectivity index (χ3n) is 5.13. The fourth-order valence-electron chi connectivity index (χ4n) is 3.84. The summed E-state index contributed by atoms with van der Waals surface area (Å²) in [7, 11) is 3.25. The molecule has 0 bridgehead atoms. The highest BCUT2D eigenvalue weighted by Crippen LogP contribution is 2.30. The predicted molar refractivity (Wildman–Crippen MR) is 91.6 cm³/mol. The van der Waals surface area contributed by atoms with Crippen LogP contribution in [-0.4, -0.2) is 50.3 Å². The summed E-state index contributed by atoms with van der Waals surface area (Å²) in [6, 6.07) is 6.13. The van der Waals surface area contributed by atoms with Gasteiger partial charge in [-0.1, -0.05) is 18.9 Å². The minimum atomic E-state index is 0.241. The zero-order chi connectivity index (χ0) is 16.9. The van der Waals surface area contributed by atoms with E-state index < -0.39 is 0 Å². The summed E-state index contributed by atoms with van der Waals surface area (Å²) in [6.45, 7) is 1.40. The first-order valence-corrected chi connectivity index (χ1v) is 8.85. The Bertz CT molecular complexity index is 572. The molecule has 1 aliphatic heterocycles. The first-order valence-electron chi connectivity index (χ1n) is 8.85. The van der Waals surface area contributed by atoms with Gasteiger partial charge in [0.05, 0.1) is 33.0 Å². The van der Waals surface area contributed by atoms with Gasteiger partial charge in [-0.25, -0.2) is 0 Å². The summed E-state index contributed by atoms with van der Waals surface area (Å²) >= 11 is 0. The summed E-state index contributed by atoms with van der Waals surface area (Å²) < 4.78 is 16.4. The maximum atomic E-state index is 12.7. The number of carbonyl (C=O) groups excluding carboxylic acids is 1. The van der Waals surface area contributed by atoms with Gasteiger partial charge in [0.1, 0.15) is 0 Å². The molecule has 1 aromatic carbocycles. The Morgan fingerprint density at radius 3 is 2.79 bits per heavy atom. The van der Waals surface area contributed by atoms with Crippen molar-refractivity contribution in [2.24, 2.45) is 0 Å². The van der Waals surface area contributed by atoms with Crippen LogP contribution in [0.15, 0.2) is 18.2 Å². The molecular formula is C19H27NO4. The summed E-state index contributed by atoms with van der Waals surface area (Å²) in [4.78, 5) is 14.8. The van der Waals surface area contributed by atoms with Gasteiger partial charge in [-0.2, -0.15) is 0 Å². The second-order valence-corrected chi connectivity index (χ2v) is 6.54. The van der Waals surface area contributed by atoms with Gasteiger partial charge in [0.25, 0.3) is 0 Å². The van der Waals surface area contributed by atoms with E-state index in [0.29, 0.717) is 30.9 Å². The summed E-state index contributed by atoms with van der Waals surface area (Å²) in [5, 5.41) is 0. The Hall–Kier alpha value is -1.75. The number of methoxy groups -OCH3 is 2. The molecule has 0 aromatic heterocycles. The monoisotopic (exact) mass is 333 g/mol. The average Bonchev–Trinajstić information content (AvgIpc) is 2.65. The molecule has 1 saturated heterocycles. The van der Waals surface area contributed by atoms with E-state index in [2.05, 4.69) is 4.90 Å². The number of fused-ring (bicyclic) bond motifs is 1. The molecule has 5 heteroatoms. The van der Waals surface area contributed by atoms with E-state index >= 15 is 0 Å². The van der Waals surface area contributed by atoms with Gasteiger partial charge < -0.3 is 19.1 Å². The van der Waals surface area contributed by atoms with Crippen LogP contribution in [0.1, 0.15) is 37.7 Å². The molecule has 0 radical (unpaired) electrons. The van der Waals surface area contributed by atoms with E-state index in [4.69, 9.17) is 14.2 Å². The van der Waals surface area contributed by atoms with Crippen LogP contribution in [0.25, 0.3) is 0 Å². The maximum absolute atomic E-state index is 12.7. The molecule has 3 rings (SSSR count). The standard InChI is InChI=1S/C19H27NO4/c1-22-17-9-7-14(13-18(17)23-2)8-10-19(21)20-11-12-24-16-6-4-3-5-15(16)20/h7,9,13,15-16H,3-6,8,10-12H2,1-2H3/t15-,16-/m0/s1. The van der Waals surface area contributed by atoms with Crippen LogP contribution >= 0.6 is 0 Å². The van der Waals surface area contributed by atoms with Crippen LogP contribution < -0.4 is 9.47 Å². The lowest BCUT2D eigenvalue weighted by Crippen LogP contribution is -2.54. The zero-order valence-corrected chi connectivity index (χ0v) is 14.6. The van der Waals surface area contributed by atoms with Gasteiger partial charge in [0.2, 0.25) is 5.91 Å². The Balaban J connectivity index is 1.60. The molecule has 1 heterocycles. The number of ether oxygens (including phenoxy) is 3. The molecule has 2 fully saturated rings. The number of benzene rings is 1. The lowest BCUT2D eigenvalue weighted by Gasteiger charge is -2.43. The predicted octanol–water partition coefficient (Wildman–Crippen LogP) is 2.81. The van der Waals surface area contributed by atoms with Gasteiger partial charge in [0.15, 0.2) is 11.5 Å². The number of aryl methyl sites for hydroxylation is 1. The number of carbonyl (C=O) groups is 1. The molecule has 0 N–H and O–H groups in total. The Labute approximate surface area is 143 Å². The van der Waals surface area contributed by atoms with E-state index in [1.807, 2.05) is 18.2 Å². The highest BCUT2D eigenvalue weighted by atomic mass is 16.5. The molecule has 0 unspecified atom stereocenters. The fourth-order valence-corrected chi connectivity index (χ4v) is 3.84. The number of hydrogen-bond donors (Lipinski definition) is 0. The van der Waals surface area contributed by atoms with Crippen LogP contribution in [0.5, 0.6) is 11.5 Å². The second kappa shape index (κ2) is 7.88.